The molecule has 0 aromatic heterocycles. The maximum atomic E-state index is 10.8. The maximum absolute atomic E-state index is 10.8. The highest BCUT2D eigenvalue weighted by atomic mass is 32.2. The highest BCUT2D eigenvalue weighted by molar-refractivity contribution is 8.13. The number of hydrogen-bond acceptors (Lipinski definition) is 2. The summed E-state index contributed by atoms with van der Waals surface area (Å²) in [5, 5.41) is 0.347. The Balaban J connectivity index is 3.06. The zero-order valence-corrected chi connectivity index (χ0v) is 6.96. The van der Waals surface area contributed by atoms with Gasteiger partial charge in [-0.2, -0.15) is 0 Å². The van der Waals surface area contributed by atoms with Crippen LogP contribution in [0.1, 0.15) is 33.1 Å². The van der Waals surface area contributed by atoms with Gasteiger partial charge in [0, 0.05) is 12.2 Å². The molecule has 0 fully saturated rings. The summed E-state index contributed by atoms with van der Waals surface area (Å²) in [6.07, 6.45) is 2.82. The molecule has 0 spiro atoms. The molecule has 0 aliphatic rings. The van der Waals surface area contributed by atoms with Crippen LogP contribution in [-0.4, -0.2) is 10.9 Å². The molecule has 2 heteroatoms. The first-order valence-electron chi connectivity index (χ1n) is 3.46. The molecule has 0 atom stereocenters. The largest absolute Gasteiger partial charge is 0.287 e. The molecule has 9 heavy (non-hydrogen) atoms. The van der Waals surface area contributed by atoms with Crippen molar-refractivity contribution in [2.75, 3.05) is 5.75 Å². The van der Waals surface area contributed by atoms with Crippen molar-refractivity contribution in [3.63, 3.8) is 0 Å². The second-order valence-corrected chi connectivity index (χ2v) is 3.12. The van der Waals surface area contributed by atoms with Crippen LogP contribution in [0.25, 0.3) is 0 Å². The van der Waals surface area contributed by atoms with Crippen molar-refractivity contribution in [3.8, 4) is 0 Å². The minimum Gasteiger partial charge on any atom is -0.287 e. The van der Waals surface area contributed by atoms with Gasteiger partial charge in [0.25, 0.3) is 0 Å². The molecule has 0 bridgehead atoms. The second-order valence-electron chi connectivity index (χ2n) is 1.97. The number of hydrogen-bond donors (Lipinski definition) is 0. The molecular weight excluding hydrogens is 132 g/mol. The van der Waals surface area contributed by atoms with E-state index < -0.39 is 0 Å². The average Bonchev–Trinajstić information content (AvgIpc) is 1.85. The molecule has 0 unspecified atom stereocenters. The summed E-state index contributed by atoms with van der Waals surface area (Å²) in [4.78, 5) is 10.8. The van der Waals surface area contributed by atoms with E-state index in [0.717, 1.165) is 25.0 Å². The van der Waals surface area contributed by atoms with E-state index >= 15 is 0 Å². The normalized spacial score (nSPS) is 9.56. The maximum Gasteiger partial charge on any atom is 0.188 e. The van der Waals surface area contributed by atoms with Gasteiger partial charge in [0.2, 0.25) is 0 Å². The first kappa shape index (κ1) is 9.02. The lowest BCUT2D eigenvalue weighted by Crippen LogP contribution is -1.90. The third kappa shape index (κ3) is 5.90. The summed E-state index contributed by atoms with van der Waals surface area (Å²) in [5.74, 6) is 0.985. The highest BCUT2D eigenvalue weighted by Gasteiger charge is 1.97. The van der Waals surface area contributed by atoms with Crippen molar-refractivity contribution in [3.05, 3.63) is 0 Å². The van der Waals surface area contributed by atoms with E-state index in [0.29, 0.717) is 5.12 Å². The van der Waals surface area contributed by atoms with Gasteiger partial charge in [0.1, 0.15) is 0 Å². The van der Waals surface area contributed by atoms with E-state index in [1.807, 2.05) is 6.92 Å². The van der Waals surface area contributed by atoms with Crippen LogP contribution in [-0.2, 0) is 4.79 Å². The molecule has 0 aromatic carbocycles. The molecule has 1 nitrogen and oxygen atoms in total. The SMILES string of the molecule is CCCSC(=O)CCC. The van der Waals surface area contributed by atoms with E-state index in [1.54, 1.807) is 0 Å². The number of rotatable bonds is 4. The van der Waals surface area contributed by atoms with Crippen molar-refractivity contribution in [1.82, 2.24) is 0 Å². The Morgan fingerprint density at radius 1 is 1.33 bits per heavy atom. The van der Waals surface area contributed by atoms with Gasteiger partial charge in [-0.3, -0.25) is 4.79 Å². The summed E-state index contributed by atoms with van der Waals surface area (Å²) in [6, 6.07) is 0. The molecule has 0 rings (SSSR count). The minimum absolute atomic E-state index is 0.347. The summed E-state index contributed by atoms with van der Waals surface area (Å²) in [7, 11) is 0. The quantitative estimate of drug-likeness (QED) is 0.606. The van der Waals surface area contributed by atoms with E-state index in [-0.39, 0.29) is 0 Å². The Kier molecular flexibility index (Phi) is 6.16. The first-order chi connectivity index (χ1) is 4.31. The molecule has 0 saturated heterocycles. The van der Waals surface area contributed by atoms with Crippen molar-refractivity contribution in [2.24, 2.45) is 0 Å². The Morgan fingerprint density at radius 3 is 2.44 bits per heavy atom. The van der Waals surface area contributed by atoms with Gasteiger partial charge in [-0.25, -0.2) is 0 Å². The van der Waals surface area contributed by atoms with Crippen LogP contribution in [0.5, 0.6) is 0 Å². The van der Waals surface area contributed by atoms with E-state index in [4.69, 9.17) is 0 Å². The van der Waals surface area contributed by atoms with Crippen molar-refractivity contribution >= 4 is 16.9 Å². The van der Waals surface area contributed by atoms with Crippen LogP contribution in [0.4, 0.5) is 0 Å². The van der Waals surface area contributed by atoms with Gasteiger partial charge in [-0.15, -0.1) is 0 Å². The molecule has 0 heterocycles. The molecule has 0 N–H and O–H groups in total. The van der Waals surface area contributed by atoms with Crippen molar-refractivity contribution in [1.29, 1.82) is 0 Å². The number of carbonyl (C=O) groups excluding carboxylic acids is 1. The van der Waals surface area contributed by atoms with Gasteiger partial charge in [-0.05, 0) is 12.8 Å². The fourth-order valence-electron chi connectivity index (χ4n) is 0.492. The number of carbonyl (C=O) groups is 1. The Labute approximate surface area is 61.2 Å². The van der Waals surface area contributed by atoms with Gasteiger partial charge in [0.15, 0.2) is 5.12 Å². The predicted molar refractivity (Wildman–Crippen MR) is 42.7 cm³/mol. The zero-order chi connectivity index (χ0) is 7.11. The Hall–Kier alpha value is 0.0200. The lowest BCUT2D eigenvalue weighted by molar-refractivity contribution is -0.111. The molecular formula is C7H14OS. The number of thioether (sulfide) groups is 1. The molecule has 0 aliphatic heterocycles. The molecule has 0 saturated carbocycles. The zero-order valence-electron chi connectivity index (χ0n) is 6.14. The molecule has 0 aliphatic carbocycles. The lowest BCUT2D eigenvalue weighted by atomic mass is 10.4. The van der Waals surface area contributed by atoms with E-state index in [9.17, 15) is 4.79 Å². The van der Waals surface area contributed by atoms with Gasteiger partial charge in [-0.1, -0.05) is 25.6 Å². The summed E-state index contributed by atoms with van der Waals surface area (Å²) >= 11 is 1.46. The van der Waals surface area contributed by atoms with Crippen LogP contribution in [0.3, 0.4) is 0 Å². The topological polar surface area (TPSA) is 17.1 Å². The first-order valence-corrected chi connectivity index (χ1v) is 4.45. The van der Waals surface area contributed by atoms with Crippen LogP contribution in [0.15, 0.2) is 0 Å². The van der Waals surface area contributed by atoms with Crippen LogP contribution in [0, 0.1) is 0 Å². The average molecular weight is 146 g/mol. The fraction of sp³-hybridized carbons (Fsp3) is 0.857. The van der Waals surface area contributed by atoms with Crippen molar-refractivity contribution in [2.45, 2.75) is 33.1 Å². The van der Waals surface area contributed by atoms with E-state index in [2.05, 4.69) is 6.92 Å². The smallest absolute Gasteiger partial charge is 0.188 e. The summed E-state index contributed by atoms with van der Waals surface area (Å²) < 4.78 is 0. The highest BCUT2D eigenvalue weighted by Crippen LogP contribution is 2.07. The van der Waals surface area contributed by atoms with Crippen LogP contribution >= 0.6 is 11.8 Å². The third-order valence-corrected chi connectivity index (χ3v) is 2.06. The van der Waals surface area contributed by atoms with Gasteiger partial charge in [0.05, 0.1) is 0 Å². The predicted octanol–water partition coefficient (Wildman–Crippen LogP) is 2.46. The standard InChI is InChI=1S/C7H14OS/c1-3-5-7(8)9-6-4-2/h3-6H2,1-2H3. The molecule has 0 radical (unpaired) electrons. The van der Waals surface area contributed by atoms with Crippen molar-refractivity contribution < 1.29 is 4.79 Å². The van der Waals surface area contributed by atoms with E-state index in [1.165, 1.54) is 11.8 Å². The monoisotopic (exact) mass is 146 g/mol. The molecule has 0 aromatic rings. The van der Waals surface area contributed by atoms with Gasteiger partial charge < -0.3 is 0 Å². The second kappa shape index (κ2) is 6.14. The molecule has 0 amide bonds. The molecule has 54 valence electrons. The Morgan fingerprint density at radius 2 is 2.00 bits per heavy atom. The lowest BCUT2D eigenvalue weighted by Gasteiger charge is -1.93. The van der Waals surface area contributed by atoms with Crippen LogP contribution < -0.4 is 0 Å². The minimum atomic E-state index is 0.347. The van der Waals surface area contributed by atoms with Gasteiger partial charge >= 0.3 is 0 Å². The summed E-state index contributed by atoms with van der Waals surface area (Å²) in [6.45, 7) is 4.12. The van der Waals surface area contributed by atoms with Crippen LogP contribution in [0.2, 0.25) is 0 Å². The third-order valence-electron chi connectivity index (χ3n) is 0.921. The summed E-state index contributed by atoms with van der Waals surface area (Å²) in [5.41, 5.74) is 0. The Bertz CT molecular complexity index is 81.0. The fourth-order valence-corrected chi connectivity index (χ4v) is 1.27.